The van der Waals surface area contributed by atoms with E-state index in [1.807, 2.05) is 0 Å². The molecule has 4 rings (SSSR count). The molecule has 0 spiro atoms. The van der Waals surface area contributed by atoms with Crippen LogP contribution in [0.25, 0.3) is 15.7 Å². The highest BCUT2D eigenvalue weighted by Gasteiger charge is 2.33. The minimum atomic E-state index is -3.29. The van der Waals surface area contributed by atoms with Gasteiger partial charge in [-0.1, -0.05) is 5.57 Å². The van der Waals surface area contributed by atoms with Crippen molar-refractivity contribution in [1.29, 1.82) is 0 Å². The number of halogens is 3. The summed E-state index contributed by atoms with van der Waals surface area (Å²) in [6.45, 7) is 4.48. The number of rotatable bonds is 6. The molecule has 11 heteroatoms. The van der Waals surface area contributed by atoms with E-state index in [0.717, 1.165) is 17.8 Å². The van der Waals surface area contributed by atoms with Crippen LogP contribution in [0.2, 0.25) is 0 Å². The molecule has 0 unspecified atom stereocenters. The van der Waals surface area contributed by atoms with Crippen LogP contribution in [0.1, 0.15) is 42.1 Å². The summed E-state index contributed by atoms with van der Waals surface area (Å²) in [6.07, 6.45) is 3.23. The highest BCUT2D eigenvalue weighted by molar-refractivity contribution is 5.97. The SMILES string of the molecule is [C-]#[N+]C(CN)=C1CCN(c2c(F)cc3c(=O)c(C(=O)O)cn(C4CC4)c3c2OC(F)F)CC1. The third-order valence-corrected chi connectivity index (χ3v) is 6.00. The van der Waals surface area contributed by atoms with Crippen molar-refractivity contribution in [2.75, 3.05) is 24.5 Å². The predicted molar refractivity (Wildman–Crippen MR) is 114 cm³/mol. The number of piperidine rings is 1. The predicted octanol–water partition coefficient (Wildman–Crippen LogP) is 3.51. The first-order valence-electron chi connectivity index (χ1n) is 10.4. The van der Waals surface area contributed by atoms with Gasteiger partial charge in [0.2, 0.25) is 5.43 Å². The Morgan fingerprint density at radius 1 is 1.33 bits per heavy atom. The van der Waals surface area contributed by atoms with Gasteiger partial charge in [0.15, 0.2) is 17.3 Å². The van der Waals surface area contributed by atoms with Crippen LogP contribution < -0.4 is 20.8 Å². The summed E-state index contributed by atoms with van der Waals surface area (Å²) in [5.41, 5.74) is 5.08. The number of carbonyl (C=O) groups is 1. The Morgan fingerprint density at radius 2 is 2.00 bits per heavy atom. The van der Waals surface area contributed by atoms with Crippen molar-refractivity contribution in [2.45, 2.75) is 38.3 Å². The molecule has 1 saturated carbocycles. The number of aromatic nitrogens is 1. The van der Waals surface area contributed by atoms with Crippen molar-refractivity contribution in [3.63, 3.8) is 0 Å². The van der Waals surface area contributed by atoms with Gasteiger partial charge in [-0.2, -0.15) is 8.78 Å². The molecule has 0 atom stereocenters. The minimum Gasteiger partial charge on any atom is -0.477 e. The molecule has 2 aromatic rings. The fourth-order valence-electron chi connectivity index (χ4n) is 4.29. The van der Waals surface area contributed by atoms with E-state index in [9.17, 15) is 23.5 Å². The molecule has 33 heavy (non-hydrogen) atoms. The van der Waals surface area contributed by atoms with Gasteiger partial charge in [0.05, 0.1) is 17.5 Å². The largest absolute Gasteiger partial charge is 0.477 e. The fraction of sp³-hybridized carbons (Fsp3) is 0.409. The van der Waals surface area contributed by atoms with E-state index in [1.165, 1.54) is 4.57 Å². The number of hydrogen-bond donors (Lipinski definition) is 2. The number of pyridine rings is 1. The first-order valence-corrected chi connectivity index (χ1v) is 10.4. The quantitative estimate of drug-likeness (QED) is 0.637. The molecule has 2 heterocycles. The Kier molecular flexibility index (Phi) is 6.03. The van der Waals surface area contributed by atoms with Crippen molar-refractivity contribution < 1.29 is 27.8 Å². The molecule has 3 N–H and O–H groups in total. The second-order valence-electron chi connectivity index (χ2n) is 7.98. The van der Waals surface area contributed by atoms with Gasteiger partial charge in [0, 0.05) is 31.9 Å². The van der Waals surface area contributed by atoms with Crippen LogP contribution in [0.4, 0.5) is 18.9 Å². The maximum Gasteiger partial charge on any atom is 0.387 e. The second kappa shape index (κ2) is 8.78. The summed E-state index contributed by atoms with van der Waals surface area (Å²) in [7, 11) is 0. The van der Waals surface area contributed by atoms with Crippen molar-refractivity contribution in [3.05, 3.63) is 56.6 Å². The molecular weight excluding hydrogens is 441 g/mol. The lowest BCUT2D eigenvalue weighted by molar-refractivity contribution is -0.0488. The molecule has 1 aliphatic carbocycles. The number of hydrogen-bond acceptors (Lipinski definition) is 5. The van der Waals surface area contributed by atoms with Crippen LogP contribution in [0.3, 0.4) is 0 Å². The molecule has 2 fully saturated rings. The number of nitrogens with two attached hydrogens (primary N) is 1. The molecule has 1 aromatic heterocycles. The minimum absolute atomic E-state index is 0.0469. The third-order valence-electron chi connectivity index (χ3n) is 6.00. The number of benzene rings is 1. The Morgan fingerprint density at radius 3 is 2.52 bits per heavy atom. The molecular formula is C22H21F3N4O4. The van der Waals surface area contributed by atoms with Gasteiger partial charge in [-0.25, -0.2) is 14.0 Å². The van der Waals surface area contributed by atoms with Gasteiger partial charge in [0.25, 0.3) is 0 Å². The van der Waals surface area contributed by atoms with Crippen LogP contribution >= 0.6 is 0 Å². The van der Waals surface area contributed by atoms with Crippen LogP contribution in [-0.4, -0.2) is 41.9 Å². The number of fused-ring (bicyclic) bond motifs is 1. The summed E-state index contributed by atoms with van der Waals surface area (Å²) in [5.74, 6) is -2.93. The van der Waals surface area contributed by atoms with Gasteiger partial charge < -0.3 is 25.0 Å². The zero-order chi connectivity index (χ0) is 23.9. The van der Waals surface area contributed by atoms with Gasteiger partial charge in [-0.3, -0.25) is 4.79 Å². The van der Waals surface area contributed by atoms with E-state index in [2.05, 4.69) is 4.85 Å². The number of anilines is 1. The number of carboxylic acids is 1. The smallest absolute Gasteiger partial charge is 0.387 e. The van der Waals surface area contributed by atoms with Crippen LogP contribution in [0.15, 0.2) is 28.3 Å². The van der Waals surface area contributed by atoms with Crippen molar-refractivity contribution >= 4 is 22.6 Å². The van der Waals surface area contributed by atoms with E-state index in [1.54, 1.807) is 4.90 Å². The second-order valence-corrected chi connectivity index (χ2v) is 7.98. The maximum atomic E-state index is 15.3. The third kappa shape index (κ3) is 4.14. The first kappa shape index (κ1) is 22.7. The molecule has 1 saturated heterocycles. The van der Waals surface area contributed by atoms with Gasteiger partial charge in [-0.15, -0.1) is 0 Å². The molecule has 1 aliphatic heterocycles. The summed E-state index contributed by atoms with van der Waals surface area (Å²) < 4.78 is 48.4. The lowest BCUT2D eigenvalue weighted by Gasteiger charge is -2.33. The summed E-state index contributed by atoms with van der Waals surface area (Å²) in [6, 6.07) is 0.693. The topological polar surface area (TPSA) is 102 Å². The summed E-state index contributed by atoms with van der Waals surface area (Å²) >= 11 is 0. The molecule has 1 aromatic carbocycles. The van der Waals surface area contributed by atoms with E-state index < -0.39 is 35.1 Å². The number of aromatic carboxylic acids is 1. The van der Waals surface area contributed by atoms with Gasteiger partial charge in [0.1, 0.15) is 11.3 Å². The van der Waals surface area contributed by atoms with Crippen molar-refractivity contribution in [1.82, 2.24) is 4.57 Å². The molecule has 0 radical (unpaired) electrons. The molecule has 174 valence electrons. The lowest BCUT2D eigenvalue weighted by Crippen LogP contribution is -2.33. The monoisotopic (exact) mass is 462 g/mol. The standard InChI is InChI=1S/C22H21F3N4O4/c1-27-16(9-26)11-4-6-28(7-5-11)18-15(23)8-13-17(20(18)33-22(24)25)29(12-2-3-12)10-14(19(13)30)21(31)32/h8,10,12,22H,2-7,9,26H2,(H,31,32). The average Bonchev–Trinajstić information content (AvgIpc) is 3.61. The Bertz CT molecular complexity index is 1250. The van der Waals surface area contributed by atoms with Gasteiger partial charge in [-0.05, 0) is 31.7 Å². The Labute approximate surface area is 186 Å². The normalized spacial score (nSPS) is 16.2. The van der Waals surface area contributed by atoms with Crippen LogP contribution in [-0.2, 0) is 0 Å². The highest BCUT2D eigenvalue weighted by atomic mass is 19.3. The number of carboxylic acid groups (broad SMARTS) is 1. The van der Waals surface area contributed by atoms with E-state index in [-0.39, 0.29) is 42.3 Å². The van der Waals surface area contributed by atoms with Crippen molar-refractivity contribution in [2.24, 2.45) is 5.73 Å². The Hall–Kier alpha value is -3.52. The maximum absolute atomic E-state index is 15.3. The first-order chi connectivity index (χ1) is 15.8. The molecule has 0 amide bonds. The average molecular weight is 462 g/mol. The number of ether oxygens (including phenoxy) is 1. The molecule has 0 bridgehead atoms. The van der Waals surface area contributed by atoms with Gasteiger partial charge >= 0.3 is 12.6 Å². The summed E-state index contributed by atoms with van der Waals surface area (Å²) in [5, 5.41) is 9.08. The Balaban J connectivity index is 1.92. The highest BCUT2D eigenvalue weighted by Crippen LogP contribution is 2.45. The van der Waals surface area contributed by atoms with E-state index >= 15 is 4.39 Å². The van der Waals surface area contributed by atoms with Crippen LogP contribution in [0, 0.1) is 12.4 Å². The zero-order valence-electron chi connectivity index (χ0n) is 17.5. The summed E-state index contributed by atoms with van der Waals surface area (Å²) in [4.78, 5) is 29.3. The number of nitrogens with zero attached hydrogens (tertiary/aromatic N) is 3. The molecule has 2 aliphatic rings. The lowest BCUT2D eigenvalue weighted by atomic mass is 10.00. The fourth-order valence-corrected chi connectivity index (χ4v) is 4.29. The van der Waals surface area contributed by atoms with Crippen molar-refractivity contribution in [3.8, 4) is 5.75 Å². The molecule has 8 nitrogen and oxygen atoms in total. The van der Waals surface area contributed by atoms with E-state index in [4.69, 9.17) is 17.0 Å². The zero-order valence-corrected chi connectivity index (χ0v) is 17.5. The van der Waals surface area contributed by atoms with E-state index in [0.29, 0.717) is 31.4 Å². The number of alkyl halides is 2. The van der Waals surface area contributed by atoms with Crippen LogP contribution in [0.5, 0.6) is 5.75 Å².